The van der Waals surface area contributed by atoms with E-state index in [2.05, 4.69) is 0 Å². The summed E-state index contributed by atoms with van der Waals surface area (Å²) in [5, 5.41) is 19.6. The van der Waals surface area contributed by atoms with E-state index in [0.29, 0.717) is 18.7 Å². The number of ketones is 1. The molecular weight excluding hydrogens is 468 g/mol. The summed E-state index contributed by atoms with van der Waals surface area (Å²) in [6.07, 6.45) is 0. The molecule has 0 unspecified atom stereocenters. The zero-order valence-corrected chi connectivity index (χ0v) is 21.5. The van der Waals surface area contributed by atoms with Gasteiger partial charge in [-0.05, 0) is 35.1 Å². The molecule has 3 aromatic rings. The SMILES string of the molecule is Br.CC(C)(C)c1cc(C(=O)Cn2c(=N)n(CCN)c3ccccc32)cc(C(C)(C)C)c1O. The molecule has 0 aliphatic heterocycles. The molecule has 0 fully saturated rings. The minimum Gasteiger partial charge on any atom is -0.507 e. The van der Waals surface area contributed by atoms with E-state index in [9.17, 15) is 9.90 Å². The molecule has 1 heterocycles. The summed E-state index contributed by atoms with van der Waals surface area (Å²) in [5.41, 5.74) is 9.16. The average molecular weight is 503 g/mol. The van der Waals surface area contributed by atoms with Crippen LogP contribution in [0.15, 0.2) is 36.4 Å². The highest BCUT2D eigenvalue weighted by Gasteiger charge is 2.28. The number of Topliss-reactive ketones (excluding diaryl/α,β-unsaturated/α-hetero) is 1. The van der Waals surface area contributed by atoms with E-state index in [1.807, 2.05) is 70.4 Å². The summed E-state index contributed by atoms with van der Waals surface area (Å²) in [6, 6.07) is 11.3. The number of phenolic OH excluding ortho intramolecular Hbond substituents is 1. The zero-order chi connectivity index (χ0) is 23.1. The third-order valence-corrected chi connectivity index (χ3v) is 5.68. The van der Waals surface area contributed by atoms with E-state index in [0.717, 1.165) is 22.2 Å². The van der Waals surface area contributed by atoms with Crippen LogP contribution in [0.25, 0.3) is 11.0 Å². The molecule has 0 aliphatic rings. The molecule has 0 aliphatic carbocycles. The molecule has 6 nitrogen and oxygen atoms in total. The molecule has 0 saturated heterocycles. The van der Waals surface area contributed by atoms with Gasteiger partial charge in [0.05, 0.1) is 17.6 Å². The largest absolute Gasteiger partial charge is 0.507 e. The number of carbonyl (C=O) groups excluding carboxylic acids is 1. The topological polar surface area (TPSA) is 97.0 Å². The number of carbonyl (C=O) groups is 1. The minimum absolute atomic E-state index is 0. The van der Waals surface area contributed by atoms with E-state index >= 15 is 0 Å². The molecule has 0 amide bonds. The third kappa shape index (κ3) is 4.84. The number of fused-ring (bicyclic) bond motifs is 1. The van der Waals surface area contributed by atoms with E-state index in [1.54, 1.807) is 16.7 Å². The van der Waals surface area contributed by atoms with Crippen LogP contribution in [-0.4, -0.2) is 26.6 Å². The molecule has 174 valence electrons. The van der Waals surface area contributed by atoms with Gasteiger partial charge in [-0.2, -0.15) is 0 Å². The van der Waals surface area contributed by atoms with Crippen molar-refractivity contribution in [2.45, 2.75) is 65.5 Å². The standard InChI is InChI=1S/C25H34N4O2.BrH/c1-24(2,3)17-13-16(14-18(22(17)31)25(4,5)6)21(30)15-29-20-10-8-7-9-19(20)28(12-11-26)23(29)27;/h7-10,13-14,27,31H,11-12,15,26H2,1-6H3;1H. The van der Waals surface area contributed by atoms with Crippen LogP contribution in [0, 0.1) is 5.41 Å². The van der Waals surface area contributed by atoms with Gasteiger partial charge in [0, 0.05) is 29.8 Å². The first-order valence-corrected chi connectivity index (χ1v) is 10.7. The van der Waals surface area contributed by atoms with Crippen LogP contribution in [0.5, 0.6) is 5.75 Å². The summed E-state index contributed by atoms with van der Waals surface area (Å²) in [4.78, 5) is 13.4. The quantitative estimate of drug-likeness (QED) is 0.443. The number of benzene rings is 2. The van der Waals surface area contributed by atoms with Gasteiger partial charge >= 0.3 is 0 Å². The Morgan fingerprint density at radius 2 is 1.44 bits per heavy atom. The van der Waals surface area contributed by atoms with Crippen molar-refractivity contribution in [3.05, 3.63) is 58.7 Å². The second kappa shape index (κ2) is 9.24. The van der Waals surface area contributed by atoms with E-state index in [1.165, 1.54) is 0 Å². The van der Waals surface area contributed by atoms with Gasteiger partial charge in [0.2, 0.25) is 5.62 Å². The molecule has 7 heteroatoms. The van der Waals surface area contributed by atoms with Crippen molar-refractivity contribution in [3.63, 3.8) is 0 Å². The number of nitrogens with zero attached hydrogens (tertiary/aromatic N) is 2. The van der Waals surface area contributed by atoms with Crippen molar-refractivity contribution in [1.29, 1.82) is 5.41 Å². The molecule has 2 aromatic carbocycles. The van der Waals surface area contributed by atoms with Crippen LogP contribution < -0.4 is 11.4 Å². The maximum atomic E-state index is 13.4. The fourth-order valence-electron chi connectivity index (χ4n) is 3.98. The number of nitrogens with two attached hydrogens (primary N) is 1. The number of halogens is 1. The first-order valence-electron chi connectivity index (χ1n) is 10.7. The van der Waals surface area contributed by atoms with Gasteiger partial charge < -0.3 is 20.0 Å². The molecule has 3 rings (SSSR count). The van der Waals surface area contributed by atoms with Crippen LogP contribution in [0.2, 0.25) is 0 Å². The molecular formula is C25H35BrN4O2. The Bertz CT molecular complexity index is 1160. The van der Waals surface area contributed by atoms with Gasteiger partial charge in [0.25, 0.3) is 0 Å². The number of aromatic hydroxyl groups is 1. The number of hydrogen-bond acceptors (Lipinski definition) is 4. The number of aromatic nitrogens is 2. The average Bonchev–Trinajstić information content (AvgIpc) is 2.92. The van der Waals surface area contributed by atoms with Gasteiger partial charge in [-0.15, -0.1) is 17.0 Å². The lowest BCUT2D eigenvalue weighted by molar-refractivity contribution is 0.0971. The number of rotatable bonds is 5. The van der Waals surface area contributed by atoms with Crippen LogP contribution in [0.1, 0.15) is 63.0 Å². The van der Waals surface area contributed by atoms with E-state index < -0.39 is 0 Å². The maximum Gasteiger partial charge on any atom is 0.203 e. The Labute approximate surface area is 200 Å². The summed E-state index contributed by atoms with van der Waals surface area (Å²) in [6.45, 7) is 13.1. The molecule has 0 atom stereocenters. The normalized spacial score (nSPS) is 12.1. The fourth-order valence-corrected chi connectivity index (χ4v) is 3.98. The lowest BCUT2D eigenvalue weighted by Crippen LogP contribution is -2.29. The minimum atomic E-state index is -0.314. The third-order valence-electron chi connectivity index (χ3n) is 5.68. The van der Waals surface area contributed by atoms with Gasteiger partial charge in [-0.25, -0.2) is 0 Å². The van der Waals surface area contributed by atoms with Crippen molar-refractivity contribution in [2.24, 2.45) is 5.73 Å². The van der Waals surface area contributed by atoms with Crippen molar-refractivity contribution in [3.8, 4) is 5.75 Å². The highest BCUT2D eigenvalue weighted by atomic mass is 79.9. The van der Waals surface area contributed by atoms with Crippen LogP contribution in [0.4, 0.5) is 0 Å². The van der Waals surface area contributed by atoms with Crippen molar-refractivity contribution in [1.82, 2.24) is 9.13 Å². The lowest BCUT2D eigenvalue weighted by atomic mass is 9.78. The first kappa shape index (κ1) is 25.9. The number of imidazole rings is 1. The van der Waals surface area contributed by atoms with Crippen LogP contribution in [-0.2, 0) is 23.9 Å². The van der Waals surface area contributed by atoms with Gasteiger partial charge in [-0.3, -0.25) is 10.2 Å². The summed E-state index contributed by atoms with van der Waals surface area (Å²) >= 11 is 0. The fraction of sp³-hybridized carbons (Fsp3) is 0.440. The highest BCUT2D eigenvalue weighted by Crippen LogP contribution is 2.39. The predicted molar refractivity (Wildman–Crippen MR) is 135 cm³/mol. The number of phenols is 1. The Morgan fingerprint density at radius 1 is 0.969 bits per heavy atom. The van der Waals surface area contributed by atoms with Gasteiger partial charge in [0.1, 0.15) is 5.75 Å². The maximum absolute atomic E-state index is 13.4. The van der Waals surface area contributed by atoms with Crippen molar-refractivity contribution in [2.75, 3.05) is 6.54 Å². The molecule has 1 aromatic heterocycles. The molecule has 4 N–H and O–H groups in total. The second-order valence-corrected chi connectivity index (χ2v) is 10.2. The molecule has 0 spiro atoms. The van der Waals surface area contributed by atoms with Crippen LogP contribution in [0.3, 0.4) is 0 Å². The predicted octanol–water partition coefficient (Wildman–Crippen LogP) is 4.64. The number of para-hydroxylation sites is 2. The molecule has 0 saturated carbocycles. The molecule has 0 radical (unpaired) electrons. The molecule has 0 bridgehead atoms. The van der Waals surface area contributed by atoms with Crippen molar-refractivity contribution < 1.29 is 9.90 Å². The number of hydrogen-bond donors (Lipinski definition) is 3. The Hall–Kier alpha value is -2.38. The number of nitrogens with one attached hydrogen (secondary N) is 1. The summed E-state index contributed by atoms with van der Waals surface area (Å²) in [5.74, 6) is 0.162. The van der Waals surface area contributed by atoms with E-state index in [-0.39, 0.29) is 51.5 Å². The monoisotopic (exact) mass is 502 g/mol. The van der Waals surface area contributed by atoms with Gasteiger partial charge in [0.15, 0.2) is 5.78 Å². The second-order valence-electron chi connectivity index (χ2n) is 10.2. The first-order chi connectivity index (χ1) is 14.4. The smallest absolute Gasteiger partial charge is 0.203 e. The molecule has 32 heavy (non-hydrogen) atoms. The highest BCUT2D eigenvalue weighted by molar-refractivity contribution is 8.93. The van der Waals surface area contributed by atoms with Gasteiger partial charge in [-0.1, -0.05) is 53.7 Å². The Morgan fingerprint density at radius 3 is 1.88 bits per heavy atom. The van der Waals surface area contributed by atoms with Crippen LogP contribution >= 0.6 is 17.0 Å². The summed E-state index contributed by atoms with van der Waals surface area (Å²) in [7, 11) is 0. The zero-order valence-electron chi connectivity index (χ0n) is 19.8. The Kier molecular flexibility index (Phi) is 7.47. The summed E-state index contributed by atoms with van der Waals surface area (Å²) < 4.78 is 3.56. The lowest BCUT2D eigenvalue weighted by Gasteiger charge is -2.28. The van der Waals surface area contributed by atoms with Crippen molar-refractivity contribution >= 4 is 33.8 Å². The van der Waals surface area contributed by atoms with E-state index in [4.69, 9.17) is 11.1 Å². The Balaban J connectivity index is 0.00000363.